The Bertz CT molecular complexity index is 1430. The number of aromatic nitrogens is 2. The second-order valence-corrected chi connectivity index (χ2v) is 7.29. The number of rotatable bonds is 5. The number of fused-ring (bicyclic) bond motifs is 3. The molecule has 0 aliphatic heterocycles. The van der Waals surface area contributed by atoms with E-state index in [1.807, 2.05) is 60.7 Å². The van der Waals surface area contributed by atoms with Crippen molar-refractivity contribution in [3.8, 4) is 0 Å². The number of anilines is 1. The van der Waals surface area contributed by atoms with Gasteiger partial charge in [0.05, 0.1) is 11.3 Å². The molecule has 0 saturated carbocycles. The van der Waals surface area contributed by atoms with Gasteiger partial charge in [0.25, 0.3) is 0 Å². The SMILES string of the molecule is Fc1ccc2c(nnc3c(CNc4ccccc4)c(F)ccc32)c1C=Nc1ccccc1. The molecule has 0 bridgehead atoms. The van der Waals surface area contributed by atoms with E-state index in [4.69, 9.17) is 0 Å². The number of hydrogen-bond acceptors (Lipinski definition) is 4. The minimum atomic E-state index is -0.445. The summed E-state index contributed by atoms with van der Waals surface area (Å²) in [5.74, 6) is -0.818. The van der Waals surface area contributed by atoms with Crippen molar-refractivity contribution >= 4 is 39.4 Å². The molecule has 0 aliphatic carbocycles. The Labute approximate surface area is 183 Å². The Morgan fingerprint density at radius 3 is 2.09 bits per heavy atom. The van der Waals surface area contributed by atoms with E-state index in [2.05, 4.69) is 20.5 Å². The average molecular weight is 424 g/mol. The van der Waals surface area contributed by atoms with Gasteiger partial charge in [0, 0.05) is 34.8 Å². The molecule has 0 fully saturated rings. The van der Waals surface area contributed by atoms with Crippen molar-refractivity contribution in [1.29, 1.82) is 0 Å². The molecule has 6 heteroatoms. The first-order chi connectivity index (χ1) is 15.7. The van der Waals surface area contributed by atoms with E-state index in [1.165, 1.54) is 18.3 Å². The zero-order chi connectivity index (χ0) is 21.9. The minimum Gasteiger partial charge on any atom is -0.381 e. The third kappa shape index (κ3) is 3.78. The van der Waals surface area contributed by atoms with Crippen molar-refractivity contribution in [1.82, 2.24) is 10.2 Å². The van der Waals surface area contributed by atoms with Gasteiger partial charge < -0.3 is 5.32 Å². The third-order valence-electron chi connectivity index (χ3n) is 5.27. The maximum absolute atomic E-state index is 14.7. The summed E-state index contributed by atoms with van der Waals surface area (Å²) in [5.41, 5.74) is 3.05. The topological polar surface area (TPSA) is 50.2 Å². The van der Waals surface area contributed by atoms with E-state index >= 15 is 0 Å². The number of hydrogen-bond donors (Lipinski definition) is 1. The molecule has 1 aromatic heterocycles. The van der Waals surface area contributed by atoms with Gasteiger partial charge in [0.1, 0.15) is 22.7 Å². The van der Waals surface area contributed by atoms with Gasteiger partial charge in [-0.1, -0.05) is 36.4 Å². The number of aliphatic imine (C=N–C) groups is 1. The van der Waals surface area contributed by atoms with Crippen LogP contribution in [0.25, 0.3) is 21.8 Å². The van der Waals surface area contributed by atoms with Crippen LogP contribution in [0.4, 0.5) is 20.2 Å². The molecule has 0 radical (unpaired) electrons. The summed E-state index contributed by atoms with van der Waals surface area (Å²) < 4.78 is 29.3. The summed E-state index contributed by atoms with van der Waals surface area (Å²) in [5, 5.41) is 13.1. The van der Waals surface area contributed by atoms with Crippen LogP contribution in [0, 0.1) is 11.6 Å². The van der Waals surface area contributed by atoms with Gasteiger partial charge in [-0.25, -0.2) is 8.78 Å². The zero-order valence-corrected chi connectivity index (χ0v) is 17.0. The van der Waals surface area contributed by atoms with Gasteiger partial charge >= 0.3 is 0 Å². The van der Waals surface area contributed by atoms with Crippen molar-refractivity contribution in [2.24, 2.45) is 4.99 Å². The van der Waals surface area contributed by atoms with Gasteiger partial charge in [-0.05, 0) is 48.5 Å². The lowest BCUT2D eigenvalue weighted by molar-refractivity contribution is 0.615. The maximum atomic E-state index is 14.7. The zero-order valence-electron chi connectivity index (χ0n) is 17.0. The van der Waals surface area contributed by atoms with Crippen LogP contribution in [0.3, 0.4) is 0 Å². The standard InChI is InChI=1S/C26H18F2N4/c27-23-13-11-19-20-12-14-24(28)22(16-30-18-9-5-2-6-10-18)26(20)32-31-25(19)21(23)15-29-17-7-3-1-4-8-17/h1-15,30H,16H2. The van der Waals surface area contributed by atoms with Crippen molar-refractivity contribution in [2.75, 3.05) is 5.32 Å². The number of benzene rings is 4. The highest BCUT2D eigenvalue weighted by molar-refractivity contribution is 6.10. The molecule has 156 valence electrons. The van der Waals surface area contributed by atoms with Gasteiger partial charge in [-0.3, -0.25) is 4.99 Å². The van der Waals surface area contributed by atoms with Gasteiger partial charge in [0.2, 0.25) is 0 Å². The van der Waals surface area contributed by atoms with Crippen LogP contribution < -0.4 is 5.32 Å². The molecule has 0 amide bonds. The lowest BCUT2D eigenvalue weighted by Gasteiger charge is -2.12. The van der Waals surface area contributed by atoms with Crippen LogP contribution >= 0.6 is 0 Å². The number of halogens is 2. The molecule has 5 rings (SSSR count). The predicted octanol–water partition coefficient (Wildman–Crippen LogP) is 6.42. The summed E-state index contributed by atoms with van der Waals surface area (Å²) in [6.45, 7) is 0.247. The molecule has 1 heterocycles. The van der Waals surface area contributed by atoms with E-state index in [0.717, 1.165) is 5.69 Å². The van der Waals surface area contributed by atoms with Crippen molar-refractivity contribution in [3.63, 3.8) is 0 Å². The van der Waals surface area contributed by atoms with Gasteiger partial charge in [-0.15, -0.1) is 10.2 Å². The Morgan fingerprint density at radius 2 is 1.34 bits per heavy atom. The third-order valence-corrected chi connectivity index (χ3v) is 5.27. The van der Waals surface area contributed by atoms with Crippen molar-refractivity contribution in [2.45, 2.75) is 6.54 Å². The smallest absolute Gasteiger partial charge is 0.134 e. The summed E-state index contributed by atoms with van der Waals surface area (Å²) in [7, 11) is 0. The van der Waals surface area contributed by atoms with Crippen LogP contribution in [0.15, 0.2) is 89.9 Å². The summed E-state index contributed by atoms with van der Waals surface area (Å²) in [6.07, 6.45) is 1.45. The highest BCUT2D eigenvalue weighted by Gasteiger charge is 2.15. The normalized spacial score (nSPS) is 11.4. The van der Waals surface area contributed by atoms with E-state index in [-0.39, 0.29) is 17.9 Å². The number of nitrogens with one attached hydrogen (secondary N) is 1. The number of nitrogens with zero attached hydrogens (tertiary/aromatic N) is 3. The molecule has 0 saturated heterocycles. The molecule has 4 aromatic carbocycles. The van der Waals surface area contributed by atoms with E-state index in [1.54, 1.807) is 12.1 Å². The average Bonchev–Trinajstić information content (AvgIpc) is 2.83. The highest BCUT2D eigenvalue weighted by atomic mass is 19.1. The van der Waals surface area contributed by atoms with Crippen LogP contribution in [0.5, 0.6) is 0 Å². The first-order valence-electron chi connectivity index (χ1n) is 10.1. The maximum Gasteiger partial charge on any atom is 0.134 e. The molecule has 0 spiro atoms. The molecule has 0 unspecified atom stereocenters. The van der Waals surface area contributed by atoms with Crippen LogP contribution in [0.2, 0.25) is 0 Å². The van der Waals surface area contributed by atoms with Gasteiger partial charge in [0.15, 0.2) is 0 Å². The second kappa shape index (κ2) is 8.51. The Morgan fingerprint density at radius 1 is 0.719 bits per heavy atom. The fourth-order valence-electron chi connectivity index (χ4n) is 3.64. The molecule has 1 N–H and O–H groups in total. The minimum absolute atomic E-state index is 0.244. The lowest BCUT2D eigenvalue weighted by atomic mass is 10.0. The fraction of sp³-hybridized carbons (Fsp3) is 0.0385. The summed E-state index contributed by atoms with van der Waals surface area (Å²) in [4.78, 5) is 4.36. The second-order valence-electron chi connectivity index (χ2n) is 7.29. The van der Waals surface area contributed by atoms with E-state index in [9.17, 15) is 8.78 Å². The Balaban J connectivity index is 1.60. The molecule has 32 heavy (non-hydrogen) atoms. The molecule has 0 atom stereocenters. The molecule has 0 aliphatic rings. The fourth-order valence-corrected chi connectivity index (χ4v) is 3.64. The monoisotopic (exact) mass is 424 g/mol. The van der Waals surface area contributed by atoms with Gasteiger partial charge in [-0.2, -0.15) is 0 Å². The highest BCUT2D eigenvalue weighted by Crippen LogP contribution is 2.29. The largest absolute Gasteiger partial charge is 0.381 e. The molecule has 4 nitrogen and oxygen atoms in total. The summed E-state index contributed by atoms with van der Waals surface area (Å²) >= 11 is 0. The predicted molar refractivity (Wildman–Crippen MR) is 124 cm³/mol. The quantitative estimate of drug-likeness (QED) is 0.261. The molecular formula is C26H18F2N4. The van der Waals surface area contributed by atoms with Crippen LogP contribution in [0.1, 0.15) is 11.1 Å². The first-order valence-corrected chi connectivity index (χ1v) is 10.1. The van der Waals surface area contributed by atoms with Crippen molar-refractivity contribution < 1.29 is 8.78 Å². The van der Waals surface area contributed by atoms with Crippen LogP contribution in [-0.2, 0) is 6.54 Å². The number of para-hydroxylation sites is 2. The van der Waals surface area contributed by atoms with E-state index < -0.39 is 5.82 Å². The summed E-state index contributed by atoms with van der Waals surface area (Å²) in [6, 6.07) is 24.9. The Hall–Kier alpha value is -4.19. The first kappa shape index (κ1) is 19.8. The lowest BCUT2D eigenvalue weighted by Crippen LogP contribution is -2.05. The van der Waals surface area contributed by atoms with Crippen molar-refractivity contribution in [3.05, 3.63) is 108 Å². The molecular weight excluding hydrogens is 406 g/mol. The molecule has 5 aromatic rings. The van der Waals surface area contributed by atoms with E-state index in [0.29, 0.717) is 33.1 Å². The Kier molecular flexibility index (Phi) is 5.25. The van der Waals surface area contributed by atoms with Crippen LogP contribution in [-0.4, -0.2) is 16.4 Å².